The van der Waals surface area contributed by atoms with Crippen LogP contribution in [0.25, 0.3) is 0 Å². The third-order valence-corrected chi connectivity index (χ3v) is 1.24. The van der Waals surface area contributed by atoms with Gasteiger partial charge in [-0.1, -0.05) is 12.8 Å². The van der Waals surface area contributed by atoms with E-state index in [1.165, 1.54) is 0 Å². The molecular weight excluding hydrogens is 150 g/mol. The Morgan fingerprint density at radius 1 is 1.50 bits per heavy atom. The van der Waals surface area contributed by atoms with E-state index < -0.39 is 0 Å². The minimum Gasteiger partial charge on any atom is -0.306 e. The van der Waals surface area contributed by atoms with Crippen molar-refractivity contribution in [3.63, 3.8) is 0 Å². The highest BCUT2D eigenvalue weighted by atomic mass is 14.8. The van der Waals surface area contributed by atoms with E-state index in [9.17, 15) is 0 Å². The summed E-state index contributed by atoms with van der Waals surface area (Å²) in [5.74, 6) is 5.83. The first-order valence-corrected chi connectivity index (χ1v) is 3.89. The molecule has 62 valence electrons. The van der Waals surface area contributed by atoms with Crippen LogP contribution in [0.2, 0.25) is 0 Å². The minimum absolute atomic E-state index is 0.701. The van der Waals surface area contributed by atoms with Crippen molar-refractivity contribution >= 4 is 0 Å². The van der Waals surface area contributed by atoms with Crippen LogP contribution in [0.3, 0.4) is 0 Å². The van der Waals surface area contributed by atoms with Gasteiger partial charge in [0.15, 0.2) is 0 Å². The molecule has 0 aliphatic rings. The Labute approximate surface area is 72.2 Å². The Kier molecular flexibility index (Phi) is 3.82. The molecule has 1 aromatic rings. The zero-order valence-corrected chi connectivity index (χ0v) is 7.04. The SMILES string of the molecule is CCNCC#Cc1cnccn1. The summed E-state index contributed by atoms with van der Waals surface area (Å²) in [5.41, 5.74) is 0.718. The Balaban J connectivity index is 2.44. The van der Waals surface area contributed by atoms with Crippen molar-refractivity contribution in [2.45, 2.75) is 6.92 Å². The van der Waals surface area contributed by atoms with Crippen LogP contribution in [0.15, 0.2) is 18.6 Å². The number of nitrogens with zero attached hydrogens (tertiary/aromatic N) is 2. The minimum atomic E-state index is 0.701. The van der Waals surface area contributed by atoms with Gasteiger partial charge in [0.2, 0.25) is 0 Å². The van der Waals surface area contributed by atoms with Gasteiger partial charge in [-0.15, -0.1) is 0 Å². The van der Waals surface area contributed by atoms with E-state index >= 15 is 0 Å². The molecule has 1 aromatic heterocycles. The van der Waals surface area contributed by atoms with Crippen LogP contribution in [0.4, 0.5) is 0 Å². The smallest absolute Gasteiger partial charge is 0.131 e. The van der Waals surface area contributed by atoms with Crippen molar-refractivity contribution in [2.24, 2.45) is 0 Å². The summed E-state index contributed by atoms with van der Waals surface area (Å²) >= 11 is 0. The zero-order chi connectivity index (χ0) is 8.65. The van der Waals surface area contributed by atoms with Gasteiger partial charge in [0, 0.05) is 12.4 Å². The number of rotatable bonds is 2. The highest BCUT2D eigenvalue weighted by molar-refractivity contribution is 5.24. The van der Waals surface area contributed by atoms with E-state index in [0.717, 1.165) is 12.2 Å². The number of nitrogens with one attached hydrogen (secondary N) is 1. The maximum atomic E-state index is 4.01. The summed E-state index contributed by atoms with van der Waals surface area (Å²) in [5, 5.41) is 3.10. The summed E-state index contributed by atoms with van der Waals surface area (Å²) < 4.78 is 0. The maximum Gasteiger partial charge on any atom is 0.131 e. The first kappa shape index (κ1) is 8.69. The zero-order valence-electron chi connectivity index (χ0n) is 7.04. The average molecular weight is 161 g/mol. The Hall–Kier alpha value is -1.40. The van der Waals surface area contributed by atoms with Crippen LogP contribution >= 0.6 is 0 Å². The van der Waals surface area contributed by atoms with Crippen LogP contribution < -0.4 is 5.32 Å². The van der Waals surface area contributed by atoms with E-state index in [1.807, 2.05) is 6.92 Å². The molecule has 0 saturated heterocycles. The van der Waals surface area contributed by atoms with Gasteiger partial charge >= 0.3 is 0 Å². The molecule has 3 heteroatoms. The molecule has 1 rings (SSSR count). The quantitative estimate of drug-likeness (QED) is 0.505. The predicted molar refractivity (Wildman–Crippen MR) is 47.5 cm³/mol. The van der Waals surface area contributed by atoms with Gasteiger partial charge in [-0.05, 0) is 12.5 Å². The van der Waals surface area contributed by atoms with E-state index in [4.69, 9.17) is 0 Å². The highest BCUT2D eigenvalue weighted by Crippen LogP contribution is 1.83. The third-order valence-electron chi connectivity index (χ3n) is 1.24. The molecule has 0 radical (unpaired) electrons. The molecule has 12 heavy (non-hydrogen) atoms. The molecule has 1 heterocycles. The van der Waals surface area contributed by atoms with Crippen LogP contribution in [0, 0.1) is 11.8 Å². The average Bonchev–Trinajstić information content (AvgIpc) is 2.14. The molecule has 0 saturated carbocycles. The Morgan fingerprint density at radius 3 is 3.08 bits per heavy atom. The fraction of sp³-hybridized carbons (Fsp3) is 0.333. The normalized spacial score (nSPS) is 8.75. The van der Waals surface area contributed by atoms with Crippen molar-refractivity contribution in [1.29, 1.82) is 0 Å². The van der Waals surface area contributed by atoms with Gasteiger partial charge in [-0.2, -0.15) is 0 Å². The van der Waals surface area contributed by atoms with Crippen LogP contribution in [0.5, 0.6) is 0 Å². The van der Waals surface area contributed by atoms with Crippen LogP contribution in [-0.2, 0) is 0 Å². The van der Waals surface area contributed by atoms with Crippen molar-refractivity contribution in [3.8, 4) is 11.8 Å². The lowest BCUT2D eigenvalue weighted by Gasteiger charge is -1.89. The molecular formula is C9H11N3. The lowest BCUT2D eigenvalue weighted by atomic mass is 10.4. The van der Waals surface area contributed by atoms with Crippen LogP contribution in [-0.4, -0.2) is 23.1 Å². The molecule has 3 nitrogen and oxygen atoms in total. The molecule has 0 aliphatic carbocycles. The van der Waals surface area contributed by atoms with Gasteiger partial charge < -0.3 is 5.32 Å². The van der Waals surface area contributed by atoms with Crippen molar-refractivity contribution < 1.29 is 0 Å². The number of hydrogen-bond donors (Lipinski definition) is 1. The molecule has 0 atom stereocenters. The lowest BCUT2D eigenvalue weighted by molar-refractivity contribution is 0.811. The topological polar surface area (TPSA) is 37.8 Å². The second kappa shape index (κ2) is 5.28. The maximum absolute atomic E-state index is 4.01. The Bertz CT molecular complexity index is 271. The van der Waals surface area contributed by atoms with Crippen molar-refractivity contribution in [3.05, 3.63) is 24.3 Å². The lowest BCUT2D eigenvalue weighted by Crippen LogP contribution is -2.11. The van der Waals surface area contributed by atoms with E-state index in [0.29, 0.717) is 6.54 Å². The largest absolute Gasteiger partial charge is 0.306 e. The molecule has 0 amide bonds. The number of hydrogen-bond acceptors (Lipinski definition) is 3. The standard InChI is InChI=1S/C9H11N3/c1-2-10-5-3-4-9-8-11-6-7-12-9/h6-8,10H,2,5H2,1H3. The third kappa shape index (κ3) is 3.13. The first-order valence-electron chi connectivity index (χ1n) is 3.89. The van der Waals surface area contributed by atoms with Crippen molar-refractivity contribution in [2.75, 3.05) is 13.1 Å². The van der Waals surface area contributed by atoms with Gasteiger partial charge in [-0.3, -0.25) is 4.98 Å². The fourth-order valence-corrected chi connectivity index (χ4v) is 0.686. The molecule has 0 fully saturated rings. The van der Waals surface area contributed by atoms with Gasteiger partial charge in [0.1, 0.15) is 5.69 Å². The second-order valence-corrected chi connectivity index (χ2v) is 2.17. The predicted octanol–water partition coefficient (Wildman–Crippen LogP) is 0.438. The van der Waals surface area contributed by atoms with Gasteiger partial charge in [0.25, 0.3) is 0 Å². The highest BCUT2D eigenvalue weighted by Gasteiger charge is 1.82. The Morgan fingerprint density at radius 2 is 2.42 bits per heavy atom. The monoisotopic (exact) mass is 161 g/mol. The van der Waals surface area contributed by atoms with Crippen LogP contribution in [0.1, 0.15) is 12.6 Å². The fourth-order valence-electron chi connectivity index (χ4n) is 0.686. The number of aromatic nitrogens is 2. The van der Waals surface area contributed by atoms with E-state index in [2.05, 4.69) is 27.1 Å². The summed E-state index contributed by atoms with van der Waals surface area (Å²) in [6.45, 7) is 3.69. The summed E-state index contributed by atoms with van der Waals surface area (Å²) in [4.78, 5) is 7.91. The molecule has 0 bridgehead atoms. The summed E-state index contributed by atoms with van der Waals surface area (Å²) in [6.07, 6.45) is 4.92. The molecule has 1 N–H and O–H groups in total. The van der Waals surface area contributed by atoms with E-state index in [-0.39, 0.29) is 0 Å². The van der Waals surface area contributed by atoms with Gasteiger partial charge in [0.05, 0.1) is 12.7 Å². The first-order chi connectivity index (χ1) is 5.93. The second-order valence-electron chi connectivity index (χ2n) is 2.17. The summed E-state index contributed by atoms with van der Waals surface area (Å²) in [6, 6.07) is 0. The van der Waals surface area contributed by atoms with E-state index in [1.54, 1.807) is 18.6 Å². The van der Waals surface area contributed by atoms with Crippen molar-refractivity contribution in [1.82, 2.24) is 15.3 Å². The molecule has 0 aliphatic heterocycles. The summed E-state index contributed by atoms with van der Waals surface area (Å²) in [7, 11) is 0. The molecule has 0 unspecified atom stereocenters. The van der Waals surface area contributed by atoms with Gasteiger partial charge in [-0.25, -0.2) is 4.98 Å². The molecule has 0 spiro atoms. The molecule has 0 aromatic carbocycles.